The number of carbonyl (C=O) groups excluding carboxylic acids is 1. The summed E-state index contributed by atoms with van der Waals surface area (Å²) < 4.78 is 2.68. The Bertz CT molecular complexity index is 887. The van der Waals surface area contributed by atoms with Crippen LogP contribution in [0.5, 0.6) is 0 Å². The first-order chi connectivity index (χ1) is 11.1. The third-order valence-electron chi connectivity index (χ3n) is 4.29. The van der Waals surface area contributed by atoms with Crippen LogP contribution < -0.4 is 0 Å². The third kappa shape index (κ3) is 2.52. The zero-order chi connectivity index (χ0) is 16.0. The molecule has 0 radical (unpaired) electrons. The van der Waals surface area contributed by atoms with Crippen molar-refractivity contribution < 1.29 is 4.79 Å². The van der Waals surface area contributed by atoms with Gasteiger partial charge in [0.2, 0.25) is 0 Å². The molecule has 0 aliphatic carbocycles. The molecule has 1 aliphatic heterocycles. The smallest absolute Gasteiger partial charge is 0.263 e. The summed E-state index contributed by atoms with van der Waals surface area (Å²) in [4.78, 5) is 24.2. The zero-order valence-electron chi connectivity index (χ0n) is 12.6. The van der Waals surface area contributed by atoms with Gasteiger partial charge in [-0.05, 0) is 30.7 Å². The van der Waals surface area contributed by atoms with E-state index in [0.29, 0.717) is 15.8 Å². The van der Waals surface area contributed by atoms with Gasteiger partial charge in [-0.15, -0.1) is 11.3 Å². The first-order valence-corrected chi connectivity index (χ1v) is 8.65. The summed E-state index contributed by atoms with van der Waals surface area (Å²) in [5, 5.41) is 0. The van der Waals surface area contributed by atoms with Gasteiger partial charge in [-0.1, -0.05) is 11.6 Å². The number of likely N-dealkylation sites (tertiary alicyclic amines) is 1. The standard InChI is InChI=1S/C16H15ClN4OS/c1-20-14(19-11-3-2-7-18-15(11)20)10-6-8-21(9-10)16(22)12-4-5-13(17)23-12/h2-5,7,10H,6,8-9H2,1H3/t10-/m0/s1. The largest absolute Gasteiger partial charge is 0.337 e. The van der Waals surface area contributed by atoms with E-state index < -0.39 is 0 Å². The zero-order valence-corrected chi connectivity index (χ0v) is 14.1. The predicted molar refractivity (Wildman–Crippen MR) is 91.1 cm³/mol. The number of rotatable bonds is 2. The average molecular weight is 347 g/mol. The molecular formula is C16H15ClN4OS. The summed E-state index contributed by atoms with van der Waals surface area (Å²) in [6.45, 7) is 1.43. The number of carbonyl (C=O) groups is 1. The lowest BCUT2D eigenvalue weighted by Crippen LogP contribution is -2.28. The molecule has 0 N–H and O–H groups in total. The highest BCUT2D eigenvalue weighted by atomic mass is 35.5. The molecule has 7 heteroatoms. The second-order valence-corrected chi connectivity index (χ2v) is 7.43. The van der Waals surface area contributed by atoms with Crippen LogP contribution in [-0.2, 0) is 7.05 Å². The molecule has 1 aliphatic rings. The topological polar surface area (TPSA) is 51.0 Å². The monoisotopic (exact) mass is 346 g/mol. The second-order valence-electron chi connectivity index (χ2n) is 5.72. The fourth-order valence-corrected chi connectivity index (χ4v) is 4.16. The maximum Gasteiger partial charge on any atom is 0.263 e. The number of hydrogen-bond donors (Lipinski definition) is 0. The summed E-state index contributed by atoms with van der Waals surface area (Å²) in [5.74, 6) is 1.30. The molecule has 0 saturated carbocycles. The lowest BCUT2D eigenvalue weighted by atomic mass is 10.1. The maximum absolute atomic E-state index is 12.5. The normalized spacial score (nSPS) is 18.0. The van der Waals surface area contributed by atoms with Crippen molar-refractivity contribution in [3.8, 4) is 0 Å². The average Bonchev–Trinajstić information content (AvgIpc) is 3.26. The minimum Gasteiger partial charge on any atom is -0.337 e. The lowest BCUT2D eigenvalue weighted by Gasteiger charge is -2.15. The molecule has 0 bridgehead atoms. The molecule has 3 aromatic rings. The Morgan fingerprint density at radius 2 is 2.26 bits per heavy atom. The van der Waals surface area contributed by atoms with E-state index >= 15 is 0 Å². The summed E-state index contributed by atoms with van der Waals surface area (Å²) in [6.07, 6.45) is 2.70. The van der Waals surface area contributed by atoms with Gasteiger partial charge < -0.3 is 9.47 Å². The molecule has 1 fully saturated rings. The predicted octanol–water partition coefficient (Wildman–Crippen LogP) is 3.31. The van der Waals surface area contributed by atoms with Gasteiger partial charge in [0.25, 0.3) is 5.91 Å². The molecule has 4 rings (SSSR count). The van der Waals surface area contributed by atoms with Crippen LogP contribution >= 0.6 is 22.9 Å². The van der Waals surface area contributed by atoms with Crippen molar-refractivity contribution in [3.63, 3.8) is 0 Å². The highest BCUT2D eigenvalue weighted by Crippen LogP contribution is 2.30. The van der Waals surface area contributed by atoms with Gasteiger partial charge in [0.15, 0.2) is 5.65 Å². The number of imidazole rings is 1. The van der Waals surface area contributed by atoms with Gasteiger partial charge in [-0.2, -0.15) is 0 Å². The highest BCUT2D eigenvalue weighted by Gasteiger charge is 2.31. The fourth-order valence-electron chi connectivity index (χ4n) is 3.15. The van der Waals surface area contributed by atoms with Crippen molar-refractivity contribution in [2.24, 2.45) is 7.05 Å². The first-order valence-electron chi connectivity index (χ1n) is 7.45. The Morgan fingerprint density at radius 3 is 3.00 bits per heavy atom. The Hall–Kier alpha value is -1.92. The molecular weight excluding hydrogens is 332 g/mol. The molecule has 118 valence electrons. The van der Waals surface area contributed by atoms with Crippen LogP contribution in [0, 0.1) is 0 Å². The van der Waals surface area contributed by atoms with E-state index in [-0.39, 0.29) is 11.8 Å². The summed E-state index contributed by atoms with van der Waals surface area (Å²) >= 11 is 7.26. The van der Waals surface area contributed by atoms with E-state index in [4.69, 9.17) is 16.6 Å². The quantitative estimate of drug-likeness (QED) is 0.715. The van der Waals surface area contributed by atoms with Gasteiger partial charge in [-0.3, -0.25) is 4.79 Å². The van der Waals surface area contributed by atoms with Crippen molar-refractivity contribution in [2.75, 3.05) is 13.1 Å². The molecule has 1 atom stereocenters. The van der Waals surface area contributed by atoms with E-state index in [1.54, 1.807) is 18.3 Å². The van der Waals surface area contributed by atoms with Crippen molar-refractivity contribution in [1.82, 2.24) is 19.4 Å². The molecule has 23 heavy (non-hydrogen) atoms. The number of fused-ring (bicyclic) bond motifs is 1. The van der Waals surface area contributed by atoms with Crippen LogP contribution in [0.3, 0.4) is 0 Å². The molecule has 0 unspecified atom stereocenters. The van der Waals surface area contributed by atoms with E-state index in [2.05, 4.69) is 4.98 Å². The molecule has 1 amide bonds. The Morgan fingerprint density at radius 1 is 1.39 bits per heavy atom. The SMILES string of the molecule is Cn1c([C@H]2CCN(C(=O)c3ccc(Cl)s3)C2)nc2cccnc21. The van der Waals surface area contributed by atoms with E-state index in [1.807, 2.05) is 28.6 Å². The van der Waals surface area contributed by atoms with Crippen LogP contribution in [-0.4, -0.2) is 38.4 Å². The number of halogens is 1. The van der Waals surface area contributed by atoms with Crippen LogP contribution in [0.1, 0.15) is 27.8 Å². The third-order valence-corrected chi connectivity index (χ3v) is 5.51. The number of thiophene rings is 1. The summed E-state index contributed by atoms with van der Waals surface area (Å²) in [7, 11) is 1.99. The van der Waals surface area contributed by atoms with Gasteiger partial charge in [-0.25, -0.2) is 9.97 Å². The number of nitrogens with zero attached hydrogens (tertiary/aromatic N) is 4. The van der Waals surface area contributed by atoms with Gasteiger partial charge in [0.1, 0.15) is 11.3 Å². The Labute approximate surface area is 142 Å². The van der Waals surface area contributed by atoms with Gasteiger partial charge >= 0.3 is 0 Å². The number of aryl methyl sites for hydroxylation is 1. The molecule has 0 aromatic carbocycles. The summed E-state index contributed by atoms with van der Waals surface area (Å²) in [6, 6.07) is 7.42. The van der Waals surface area contributed by atoms with Crippen LogP contribution in [0.4, 0.5) is 0 Å². The Balaban J connectivity index is 1.58. The molecule has 5 nitrogen and oxygen atoms in total. The number of amides is 1. The number of hydrogen-bond acceptors (Lipinski definition) is 4. The van der Waals surface area contributed by atoms with Crippen LogP contribution in [0.15, 0.2) is 30.5 Å². The van der Waals surface area contributed by atoms with Crippen molar-refractivity contribution in [1.29, 1.82) is 0 Å². The van der Waals surface area contributed by atoms with Crippen molar-refractivity contribution in [2.45, 2.75) is 12.3 Å². The molecule has 3 aromatic heterocycles. The van der Waals surface area contributed by atoms with Crippen molar-refractivity contribution >= 4 is 40.0 Å². The fraction of sp³-hybridized carbons (Fsp3) is 0.312. The first kappa shape index (κ1) is 14.7. The molecule has 1 saturated heterocycles. The summed E-state index contributed by atoms with van der Waals surface area (Å²) in [5.41, 5.74) is 1.79. The molecule has 4 heterocycles. The minimum absolute atomic E-state index is 0.0567. The van der Waals surface area contributed by atoms with E-state index in [9.17, 15) is 4.79 Å². The van der Waals surface area contributed by atoms with Crippen molar-refractivity contribution in [3.05, 3.63) is 45.5 Å². The van der Waals surface area contributed by atoms with E-state index in [1.165, 1.54) is 11.3 Å². The number of pyridine rings is 1. The lowest BCUT2D eigenvalue weighted by molar-refractivity contribution is 0.0795. The second kappa shape index (κ2) is 5.62. The molecule has 0 spiro atoms. The van der Waals surface area contributed by atoms with Gasteiger partial charge in [0, 0.05) is 32.3 Å². The minimum atomic E-state index is 0.0567. The number of aromatic nitrogens is 3. The van der Waals surface area contributed by atoms with E-state index in [0.717, 1.165) is 30.0 Å². The van der Waals surface area contributed by atoms with Gasteiger partial charge in [0.05, 0.1) is 9.21 Å². The van der Waals surface area contributed by atoms with Crippen LogP contribution in [0.2, 0.25) is 4.34 Å². The van der Waals surface area contributed by atoms with Crippen LogP contribution in [0.25, 0.3) is 11.2 Å². The maximum atomic E-state index is 12.5. The highest BCUT2D eigenvalue weighted by molar-refractivity contribution is 7.17. The Kier molecular flexibility index (Phi) is 3.58.